The van der Waals surface area contributed by atoms with Crippen molar-refractivity contribution in [2.75, 3.05) is 11.9 Å². The van der Waals surface area contributed by atoms with Crippen LogP contribution in [-0.4, -0.2) is 59.8 Å². The van der Waals surface area contributed by atoms with Crippen LogP contribution in [0.2, 0.25) is 5.02 Å². The van der Waals surface area contributed by atoms with Crippen molar-refractivity contribution in [3.05, 3.63) is 46.8 Å². The van der Waals surface area contributed by atoms with Gasteiger partial charge in [0.1, 0.15) is 30.5 Å². The molecule has 4 atom stereocenters. The standard InChI is InChI=1S/C18H16ClF4N5O4/c19-9-2-8(18(21,22)23)1-7(11(9)20)3-24-15-12-16(26-5-25-15)28(6-27-12)17-14(31)13(30)10(4-29)32-17/h1-2,5-6,10,13-14,17,29-31H,3-4H2,(H,24,25,26)/t10-,13-,14-,17-/m1/s1. The first-order valence-electron chi connectivity index (χ1n) is 9.20. The van der Waals surface area contributed by atoms with Gasteiger partial charge in [-0.1, -0.05) is 11.6 Å². The monoisotopic (exact) mass is 477 g/mol. The molecule has 0 spiro atoms. The lowest BCUT2D eigenvalue weighted by Gasteiger charge is -2.16. The third-order valence-electron chi connectivity index (χ3n) is 5.03. The highest BCUT2D eigenvalue weighted by Crippen LogP contribution is 2.34. The lowest BCUT2D eigenvalue weighted by Crippen LogP contribution is -2.33. The molecule has 172 valence electrons. The Morgan fingerprint density at radius 3 is 2.56 bits per heavy atom. The van der Waals surface area contributed by atoms with Crippen LogP contribution in [0.15, 0.2) is 24.8 Å². The molecule has 0 aliphatic carbocycles. The average Bonchev–Trinajstić information content (AvgIpc) is 3.29. The molecule has 0 bridgehead atoms. The van der Waals surface area contributed by atoms with E-state index in [0.29, 0.717) is 12.1 Å². The summed E-state index contributed by atoms with van der Waals surface area (Å²) in [6.45, 7) is -0.906. The summed E-state index contributed by atoms with van der Waals surface area (Å²) in [6.07, 6.45) is -7.15. The van der Waals surface area contributed by atoms with Crippen molar-refractivity contribution in [3.8, 4) is 0 Å². The molecule has 0 unspecified atom stereocenters. The molecule has 0 amide bonds. The number of fused-ring (bicyclic) bond motifs is 1. The molecule has 3 heterocycles. The number of hydrogen-bond donors (Lipinski definition) is 4. The molecule has 14 heteroatoms. The SMILES string of the molecule is OC[C@H]1O[C@@H](n2cnc3c(NCc4cc(C(F)(F)F)cc(Cl)c4F)ncnc32)[C@H](O)[C@@H]1O. The van der Waals surface area contributed by atoms with Gasteiger partial charge in [-0.2, -0.15) is 13.2 Å². The molecule has 32 heavy (non-hydrogen) atoms. The van der Waals surface area contributed by atoms with Crippen LogP contribution in [0, 0.1) is 5.82 Å². The van der Waals surface area contributed by atoms with Crippen molar-refractivity contribution >= 4 is 28.6 Å². The molecular formula is C18H16ClF4N5O4. The van der Waals surface area contributed by atoms with Crippen molar-refractivity contribution in [1.82, 2.24) is 19.5 Å². The smallest absolute Gasteiger partial charge is 0.394 e. The van der Waals surface area contributed by atoms with Crippen LogP contribution in [0.25, 0.3) is 11.2 Å². The van der Waals surface area contributed by atoms with Gasteiger partial charge in [0.05, 0.1) is 23.5 Å². The Morgan fingerprint density at radius 2 is 1.91 bits per heavy atom. The van der Waals surface area contributed by atoms with E-state index in [2.05, 4.69) is 20.3 Å². The molecule has 4 rings (SSSR count). The highest BCUT2D eigenvalue weighted by molar-refractivity contribution is 6.30. The second-order valence-electron chi connectivity index (χ2n) is 7.06. The van der Waals surface area contributed by atoms with E-state index in [1.807, 2.05) is 0 Å². The first-order valence-corrected chi connectivity index (χ1v) is 9.58. The molecule has 1 aliphatic rings. The molecule has 1 aliphatic heterocycles. The summed E-state index contributed by atoms with van der Waals surface area (Å²) in [4.78, 5) is 12.2. The first kappa shape index (κ1) is 22.6. The molecular weight excluding hydrogens is 462 g/mol. The third kappa shape index (κ3) is 3.97. The maximum Gasteiger partial charge on any atom is 0.416 e. The molecule has 0 saturated carbocycles. The minimum absolute atomic E-state index is 0.0772. The number of aliphatic hydroxyl groups is 3. The second kappa shape index (κ2) is 8.41. The topological polar surface area (TPSA) is 126 Å². The summed E-state index contributed by atoms with van der Waals surface area (Å²) in [7, 11) is 0. The van der Waals surface area contributed by atoms with Gasteiger partial charge in [-0.3, -0.25) is 4.57 Å². The highest BCUT2D eigenvalue weighted by Gasteiger charge is 2.44. The number of anilines is 1. The molecule has 9 nitrogen and oxygen atoms in total. The van der Waals surface area contributed by atoms with Crippen molar-refractivity contribution in [2.24, 2.45) is 0 Å². The number of benzene rings is 1. The van der Waals surface area contributed by atoms with Crippen LogP contribution >= 0.6 is 11.6 Å². The van der Waals surface area contributed by atoms with Crippen molar-refractivity contribution < 1.29 is 37.6 Å². The van der Waals surface area contributed by atoms with Gasteiger partial charge in [0.2, 0.25) is 0 Å². The zero-order chi connectivity index (χ0) is 23.2. The Hall–Kier alpha value is -2.58. The Balaban J connectivity index is 1.62. The van der Waals surface area contributed by atoms with Gasteiger partial charge in [-0.15, -0.1) is 0 Å². The molecule has 2 aromatic heterocycles. The van der Waals surface area contributed by atoms with Crippen LogP contribution in [0.3, 0.4) is 0 Å². The van der Waals surface area contributed by atoms with Gasteiger partial charge in [-0.25, -0.2) is 19.3 Å². The Morgan fingerprint density at radius 1 is 1.16 bits per heavy atom. The number of aliphatic hydroxyl groups excluding tert-OH is 3. The summed E-state index contributed by atoms with van der Waals surface area (Å²) in [5, 5.41) is 31.5. The lowest BCUT2D eigenvalue weighted by molar-refractivity contribution is -0.137. The Labute approximate surface area is 182 Å². The third-order valence-corrected chi connectivity index (χ3v) is 5.30. The molecule has 3 aromatic rings. The predicted molar refractivity (Wildman–Crippen MR) is 102 cm³/mol. The Bertz CT molecular complexity index is 1140. The normalized spacial score (nSPS) is 23.8. The zero-order valence-electron chi connectivity index (χ0n) is 16.0. The number of halogens is 5. The van der Waals surface area contributed by atoms with E-state index >= 15 is 0 Å². The number of nitrogens with one attached hydrogen (secondary N) is 1. The number of nitrogens with zero attached hydrogens (tertiary/aromatic N) is 4. The van der Waals surface area contributed by atoms with Crippen molar-refractivity contribution in [3.63, 3.8) is 0 Å². The molecule has 4 N–H and O–H groups in total. The minimum atomic E-state index is -4.70. The Kier molecular flexibility index (Phi) is 5.94. The van der Waals surface area contributed by atoms with Gasteiger partial charge in [0, 0.05) is 12.1 Å². The van der Waals surface area contributed by atoms with E-state index in [1.165, 1.54) is 10.9 Å². The van der Waals surface area contributed by atoms with E-state index in [9.17, 15) is 32.9 Å². The predicted octanol–water partition coefficient (Wildman–Crippen LogP) is 1.86. The van der Waals surface area contributed by atoms with Crippen LogP contribution in [0.1, 0.15) is 17.4 Å². The van der Waals surface area contributed by atoms with Crippen LogP contribution in [-0.2, 0) is 17.5 Å². The fourth-order valence-corrected chi connectivity index (χ4v) is 3.63. The molecule has 1 saturated heterocycles. The van der Waals surface area contributed by atoms with Crippen molar-refractivity contribution in [2.45, 2.75) is 37.3 Å². The van der Waals surface area contributed by atoms with Gasteiger partial charge in [-0.05, 0) is 12.1 Å². The van der Waals surface area contributed by atoms with Crippen molar-refractivity contribution in [1.29, 1.82) is 0 Å². The van der Waals surface area contributed by atoms with Crippen LogP contribution in [0.4, 0.5) is 23.4 Å². The van der Waals surface area contributed by atoms with E-state index < -0.39 is 53.7 Å². The van der Waals surface area contributed by atoms with E-state index in [0.717, 1.165) is 6.33 Å². The number of aromatic nitrogens is 4. The summed E-state index contributed by atoms with van der Waals surface area (Å²) >= 11 is 5.61. The second-order valence-corrected chi connectivity index (χ2v) is 7.46. The van der Waals surface area contributed by atoms with Crippen LogP contribution < -0.4 is 5.32 Å². The summed E-state index contributed by atoms with van der Waals surface area (Å²) in [6, 6.07) is 1.15. The molecule has 0 radical (unpaired) electrons. The number of hydrogen-bond acceptors (Lipinski definition) is 8. The fraction of sp³-hybridized carbons (Fsp3) is 0.389. The number of ether oxygens (including phenoxy) is 1. The lowest BCUT2D eigenvalue weighted by atomic mass is 10.1. The quantitative estimate of drug-likeness (QED) is 0.410. The van der Waals surface area contributed by atoms with Gasteiger partial charge in [0.15, 0.2) is 23.2 Å². The summed E-state index contributed by atoms with van der Waals surface area (Å²) < 4.78 is 60.1. The summed E-state index contributed by atoms with van der Waals surface area (Å²) in [5.41, 5.74) is -1.11. The maximum atomic E-state index is 14.3. The van der Waals surface area contributed by atoms with E-state index in [-0.39, 0.29) is 29.1 Å². The van der Waals surface area contributed by atoms with Gasteiger partial charge >= 0.3 is 6.18 Å². The average molecular weight is 478 g/mol. The van der Waals surface area contributed by atoms with Crippen LogP contribution in [0.5, 0.6) is 0 Å². The maximum absolute atomic E-state index is 14.3. The largest absolute Gasteiger partial charge is 0.416 e. The minimum Gasteiger partial charge on any atom is -0.394 e. The molecule has 1 aromatic carbocycles. The molecule has 1 fully saturated rings. The summed E-state index contributed by atoms with van der Waals surface area (Å²) in [5.74, 6) is -0.928. The highest BCUT2D eigenvalue weighted by atomic mass is 35.5. The van der Waals surface area contributed by atoms with E-state index in [1.54, 1.807) is 0 Å². The first-order chi connectivity index (χ1) is 15.1. The fourth-order valence-electron chi connectivity index (χ4n) is 3.39. The van der Waals surface area contributed by atoms with E-state index in [4.69, 9.17) is 16.3 Å². The zero-order valence-corrected chi connectivity index (χ0v) is 16.7. The number of imidazole rings is 1. The van der Waals surface area contributed by atoms with Gasteiger partial charge in [0.25, 0.3) is 0 Å². The number of alkyl halides is 3. The number of rotatable bonds is 5. The van der Waals surface area contributed by atoms with Gasteiger partial charge < -0.3 is 25.4 Å².